The van der Waals surface area contributed by atoms with E-state index >= 15 is 0 Å². The van der Waals surface area contributed by atoms with Gasteiger partial charge in [0.2, 0.25) is 17.7 Å². The number of benzene rings is 3. The van der Waals surface area contributed by atoms with Gasteiger partial charge in [-0.3, -0.25) is 19.3 Å². The number of unbranched alkanes of at least 4 members (excludes halogenated alkanes) is 1. The Morgan fingerprint density at radius 1 is 0.852 bits per heavy atom. The van der Waals surface area contributed by atoms with Crippen molar-refractivity contribution in [2.45, 2.75) is 111 Å². The Bertz CT molecular complexity index is 1670. The van der Waals surface area contributed by atoms with Gasteiger partial charge in [0, 0.05) is 24.1 Å². The maximum absolute atomic E-state index is 14.6. The van der Waals surface area contributed by atoms with E-state index in [1.165, 1.54) is 11.0 Å². The second-order valence-corrected chi connectivity index (χ2v) is 14.7. The number of hydrogen-bond acceptors (Lipinski definition) is 7. The maximum Gasteiger partial charge on any atom is 0.408 e. The third-order valence-electron chi connectivity index (χ3n) is 9.03. The summed E-state index contributed by atoms with van der Waals surface area (Å²) in [7, 11) is 0. The molecule has 294 valence electrons. The molecule has 0 spiro atoms. The van der Waals surface area contributed by atoms with Crippen molar-refractivity contribution in [1.82, 2.24) is 16.0 Å². The van der Waals surface area contributed by atoms with Crippen molar-refractivity contribution in [2.75, 3.05) is 18.1 Å². The van der Waals surface area contributed by atoms with Gasteiger partial charge in [-0.1, -0.05) is 114 Å². The van der Waals surface area contributed by atoms with Crippen LogP contribution in [0.1, 0.15) is 85.6 Å². The minimum atomic E-state index is -1.23. The summed E-state index contributed by atoms with van der Waals surface area (Å²) in [6, 6.07) is 19.5. The Labute approximate surface area is 320 Å². The molecule has 0 saturated carbocycles. The van der Waals surface area contributed by atoms with Crippen molar-refractivity contribution in [3.8, 4) is 0 Å². The van der Waals surface area contributed by atoms with Gasteiger partial charge in [0.25, 0.3) is 0 Å². The molecule has 11 nitrogen and oxygen atoms in total. The second kappa shape index (κ2) is 22.5. The number of nitrogens with one attached hydrogen (secondary N) is 3. The van der Waals surface area contributed by atoms with E-state index in [1.54, 1.807) is 13.0 Å². The molecule has 0 fully saturated rings. The average molecular weight is 745 g/mol. The molecule has 4 amide bonds. The molecule has 0 heterocycles. The molecular formula is C43H60N4O7. The molecule has 0 unspecified atom stereocenters. The number of fused-ring (bicyclic) bond motifs is 1. The van der Waals surface area contributed by atoms with E-state index in [9.17, 15) is 29.4 Å². The van der Waals surface area contributed by atoms with Gasteiger partial charge in [-0.25, -0.2) is 4.79 Å². The summed E-state index contributed by atoms with van der Waals surface area (Å²) in [5.41, 5.74) is 1.63. The zero-order chi connectivity index (χ0) is 39.6. The lowest BCUT2D eigenvalue weighted by molar-refractivity contribution is -0.128. The number of alkyl carbamates (subject to hydrolysis) is 1. The number of carbonyl (C=O) groups excluding carboxylic acids is 4. The van der Waals surface area contributed by atoms with Crippen molar-refractivity contribution < 1.29 is 34.1 Å². The lowest BCUT2D eigenvalue weighted by atomic mass is 9.95. The van der Waals surface area contributed by atoms with Gasteiger partial charge in [-0.05, 0) is 67.5 Å². The van der Waals surface area contributed by atoms with E-state index in [0.29, 0.717) is 43.5 Å². The third-order valence-corrected chi connectivity index (χ3v) is 9.03. The number of rotatable bonds is 21. The molecule has 3 aromatic rings. The normalized spacial score (nSPS) is 13.9. The van der Waals surface area contributed by atoms with Gasteiger partial charge in [0.1, 0.15) is 18.7 Å². The van der Waals surface area contributed by atoms with Crippen molar-refractivity contribution in [3.63, 3.8) is 0 Å². The largest absolute Gasteiger partial charge is 0.445 e. The number of carbonyl (C=O) groups is 4. The number of ether oxygens (including phenoxy) is 1. The Morgan fingerprint density at radius 2 is 1.54 bits per heavy atom. The van der Waals surface area contributed by atoms with Crippen LogP contribution in [0.5, 0.6) is 0 Å². The standard InChI is InChI=1S/C43H60N4O7/c1-7-8-22-38(41(51)46-36(25-29(2)3)39(49)26-34(20-15-24-48)40(50)44-27-30(4)5)47(37-23-14-19-33-18-12-13-21-35(33)37)42(52)31(6)45-43(53)54-28-32-16-10-9-11-17-32/h9-14,16-19,21,23,26,29-31,36,38-39,48-49H,7-8,15,20,22,24-25,27-28H2,1-6H3,(H,44,50)(H,45,53)(H,46,51)/b34-26+/t31-,36-,38-,39-/m0/s1. The van der Waals surface area contributed by atoms with Crippen molar-refractivity contribution in [2.24, 2.45) is 11.8 Å². The lowest BCUT2D eigenvalue weighted by Crippen LogP contribution is -2.58. The third kappa shape index (κ3) is 13.6. The maximum atomic E-state index is 14.6. The first kappa shape index (κ1) is 43.7. The molecule has 5 N–H and O–H groups in total. The predicted octanol–water partition coefficient (Wildman–Crippen LogP) is 6.41. The molecule has 0 bridgehead atoms. The van der Waals surface area contributed by atoms with Crippen molar-refractivity contribution in [1.29, 1.82) is 0 Å². The fraction of sp³-hybridized carbons (Fsp3) is 0.488. The number of anilines is 1. The molecule has 3 aromatic carbocycles. The molecule has 0 aliphatic rings. The SMILES string of the molecule is CCCC[C@@H](C(=O)N[C@@H](CC(C)C)[C@@H](O)/C=C(\CCCO)C(=O)NCC(C)C)N(C(=O)[C@H](C)NC(=O)OCc1ccccc1)c1cccc2ccccc12. The van der Waals surface area contributed by atoms with Crippen LogP contribution in [-0.2, 0) is 25.7 Å². The Morgan fingerprint density at radius 3 is 2.20 bits per heavy atom. The van der Waals surface area contributed by atoms with Crippen LogP contribution in [0.2, 0.25) is 0 Å². The first-order valence-corrected chi connectivity index (χ1v) is 19.2. The highest BCUT2D eigenvalue weighted by Crippen LogP contribution is 2.31. The van der Waals surface area contributed by atoms with Crippen molar-refractivity contribution in [3.05, 3.63) is 90.0 Å². The zero-order valence-electron chi connectivity index (χ0n) is 32.7. The number of amides is 4. The number of hydrogen-bond donors (Lipinski definition) is 5. The van der Waals surface area contributed by atoms with Gasteiger partial charge < -0.3 is 30.9 Å². The predicted molar refractivity (Wildman–Crippen MR) is 214 cm³/mol. The average Bonchev–Trinajstić information content (AvgIpc) is 3.15. The molecule has 0 saturated heterocycles. The summed E-state index contributed by atoms with van der Waals surface area (Å²) in [5, 5.41) is 31.3. The van der Waals surface area contributed by atoms with E-state index < -0.39 is 42.1 Å². The van der Waals surface area contributed by atoms with Gasteiger partial charge in [-0.15, -0.1) is 0 Å². The Hall–Kier alpha value is -4.74. The summed E-state index contributed by atoms with van der Waals surface area (Å²) in [4.78, 5) is 56.7. The molecule has 54 heavy (non-hydrogen) atoms. The first-order valence-electron chi connectivity index (χ1n) is 19.2. The van der Waals surface area contributed by atoms with E-state index in [-0.39, 0.29) is 37.4 Å². The Balaban J connectivity index is 2.01. The number of aliphatic hydroxyl groups excluding tert-OH is 2. The first-order chi connectivity index (χ1) is 25.9. The topological polar surface area (TPSA) is 157 Å². The molecule has 3 rings (SSSR count). The fourth-order valence-electron chi connectivity index (χ4n) is 6.19. The summed E-state index contributed by atoms with van der Waals surface area (Å²) in [5.74, 6) is -1.03. The van der Waals surface area contributed by atoms with Gasteiger partial charge in [-0.2, -0.15) is 0 Å². The van der Waals surface area contributed by atoms with Crippen LogP contribution >= 0.6 is 0 Å². The van der Waals surface area contributed by atoms with E-state index in [2.05, 4.69) is 16.0 Å². The van der Waals surface area contributed by atoms with Crippen molar-refractivity contribution >= 4 is 40.3 Å². The van der Waals surface area contributed by atoms with Gasteiger partial charge >= 0.3 is 6.09 Å². The fourth-order valence-corrected chi connectivity index (χ4v) is 6.19. The summed E-state index contributed by atoms with van der Waals surface area (Å²) >= 11 is 0. The highest BCUT2D eigenvalue weighted by molar-refractivity contribution is 6.09. The minimum Gasteiger partial charge on any atom is -0.445 e. The molecule has 0 aliphatic carbocycles. The Kier molecular flexibility index (Phi) is 18.2. The van der Waals surface area contributed by atoms with Gasteiger partial charge in [0.15, 0.2) is 0 Å². The van der Waals surface area contributed by atoms with Crippen LogP contribution in [0.4, 0.5) is 10.5 Å². The van der Waals surface area contributed by atoms with E-state index in [4.69, 9.17) is 4.74 Å². The van der Waals surface area contributed by atoms with Crippen LogP contribution in [0.15, 0.2) is 84.4 Å². The molecule has 11 heteroatoms. The summed E-state index contributed by atoms with van der Waals surface area (Å²) in [6.07, 6.45) is 2.12. The molecular weight excluding hydrogens is 684 g/mol. The van der Waals surface area contributed by atoms with E-state index in [0.717, 1.165) is 22.8 Å². The van der Waals surface area contributed by atoms with Crippen LogP contribution in [0, 0.1) is 11.8 Å². The summed E-state index contributed by atoms with van der Waals surface area (Å²) in [6.45, 7) is 11.8. The monoisotopic (exact) mass is 744 g/mol. The van der Waals surface area contributed by atoms with E-state index in [1.807, 2.05) is 101 Å². The number of nitrogens with zero attached hydrogens (tertiary/aromatic N) is 1. The van der Waals surface area contributed by atoms with Gasteiger partial charge in [0.05, 0.1) is 17.8 Å². The lowest BCUT2D eigenvalue weighted by Gasteiger charge is -2.35. The number of aliphatic hydroxyl groups is 2. The quantitative estimate of drug-likeness (QED) is 0.0790. The summed E-state index contributed by atoms with van der Waals surface area (Å²) < 4.78 is 5.42. The smallest absolute Gasteiger partial charge is 0.408 e. The van der Waals surface area contributed by atoms with Crippen LogP contribution in [-0.4, -0.2) is 71.4 Å². The molecule has 0 aromatic heterocycles. The second-order valence-electron chi connectivity index (χ2n) is 14.7. The zero-order valence-corrected chi connectivity index (χ0v) is 32.7. The van der Waals surface area contributed by atoms with Crippen LogP contribution in [0.3, 0.4) is 0 Å². The highest BCUT2D eigenvalue weighted by atomic mass is 16.5. The van der Waals surface area contributed by atoms with Crippen LogP contribution in [0.25, 0.3) is 10.8 Å². The molecule has 0 aliphatic heterocycles. The molecule has 4 atom stereocenters. The minimum absolute atomic E-state index is 0.0251. The van der Waals surface area contributed by atoms with Crippen LogP contribution < -0.4 is 20.9 Å². The highest BCUT2D eigenvalue weighted by Gasteiger charge is 2.36. The molecule has 0 radical (unpaired) electrons.